The first-order chi connectivity index (χ1) is 6.74. The Morgan fingerprint density at radius 2 is 2.00 bits per heavy atom. The van der Waals surface area contributed by atoms with Gasteiger partial charge in [0, 0.05) is 6.20 Å². The van der Waals surface area contributed by atoms with E-state index in [1.807, 2.05) is 0 Å². The van der Waals surface area contributed by atoms with E-state index < -0.39 is 18.3 Å². The molecule has 0 amide bonds. The van der Waals surface area contributed by atoms with Gasteiger partial charge in [-0.2, -0.15) is 0 Å². The van der Waals surface area contributed by atoms with Crippen molar-refractivity contribution in [2.24, 2.45) is 0 Å². The highest BCUT2D eigenvalue weighted by Gasteiger charge is 2.39. The van der Waals surface area contributed by atoms with Gasteiger partial charge in [0.2, 0.25) is 0 Å². The summed E-state index contributed by atoms with van der Waals surface area (Å²) in [4.78, 5) is 3.85. The van der Waals surface area contributed by atoms with Gasteiger partial charge in [0.05, 0.1) is 21.5 Å². The highest BCUT2D eigenvalue weighted by molar-refractivity contribution is 7.20. The molecule has 0 aliphatic rings. The number of hydrogen-bond donors (Lipinski definition) is 2. The minimum atomic E-state index is -1.04. The van der Waals surface area contributed by atoms with Crippen LogP contribution in [0, 0.1) is 0 Å². The van der Waals surface area contributed by atoms with E-state index >= 15 is 0 Å². The van der Waals surface area contributed by atoms with E-state index in [9.17, 15) is 10.1 Å². The quantitative estimate of drug-likeness (QED) is 0.733. The van der Waals surface area contributed by atoms with Gasteiger partial charge in [0.15, 0.2) is 0 Å². The lowest BCUT2D eigenvalue weighted by Gasteiger charge is -2.38. The Balaban J connectivity index is 2.70. The summed E-state index contributed by atoms with van der Waals surface area (Å²) in [6, 6.07) is 0. The molecule has 0 saturated heterocycles. The lowest BCUT2D eigenvalue weighted by atomic mass is 9.82. The van der Waals surface area contributed by atoms with E-state index in [1.165, 1.54) is 11.3 Å². The van der Waals surface area contributed by atoms with Gasteiger partial charge in [-0.15, -0.1) is 11.3 Å². The third-order valence-corrected chi connectivity index (χ3v) is 3.38. The molecule has 0 atom stereocenters. The topological polar surface area (TPSA) is 62.6 Å². The smallest absolute Gasteiger partial charge is 0.422 e. The van der Waals surface area contributed by atoms with Crippen LogP contribution in [0.15, 0.2) is 11.7 Å². The van der Waals surface area contributed by atoms with E-state index in [4.69, 9.17) is 4.65 Å². The molecule has 0 bridgehead atoms. The molecule has 0 aliphatic heterocycles. The van der Waals surface area contributed by atoms with E-state index in [0.717, 1.165) is 0 Å². The molecule has 1 heterocycles. The van der Waals surface area contributed by atoms with Crippen LogP contribution in [0.1, 0.15) is 27.7 Å². The molecule has 0 aliphatic carbocycles. The summed E-state index contributed by atoms with van der Waals surface area (Å²) in [5, 5.41) is 19.6. The van der Waals surface area contributed by atoms with Crippen LogP contribution < -0.4 is 4.78 Å². The van der Waals surface area contributed by atoms with Crippen LogP contribution in [0.5, 0.6) is 0 Å². The minimum Gasteiger partial charge on any atom is -0.422 e. The number of nitrogens with zero attached hydrogens (tertiary/aromatic N) is 1. The second-order valence-corrected chi connectivity index (χ2v) is 5.36. The Morgan fingerprint density at radius 3 is 2.40 bits per heavy atom. The Kier molecular flexibility index (Phi) is 3.55. The summed E-state index contributed by atoms with van der Waals surface area (Å²) in [5.41, 5.74) is -0.242. The van der Waals surface area contributed by atoms with Crippen molar-refractivity contribution >= 4 is 23.2 Å². The van der Waals surface area contributed by atoms with Crippen molar-refractivity contribution in [1.29, 1.82) is 0 Å². The summed E-state index contributed by atoms with van der Waals surface area (Å²) < 4.78 is 6.05. The molecule has 84 valence electrons. The molecule has 2 N–H and O–H groups in total. The van der Waals surface area contributed by atoms with Crippen molar-refractivity contribution in [2.45, 2.75) is 38.9 Å². The standard InChI is InChI=1S/C9H16BNO3S/c1-8(2,12)9(3,4)14-10(13)7-5-11-6-15-7/h5-6,12-13H,1-4H3. The van der Waals surface area contributed by atoms with Gasteiger partial charge < -0.3 is 14.8 Å². The van der Waals surface area contributed by atoms with Gasteiger partial charge in [-0.05, 0) is 27.7 Å². The van der Waals surface area contributed by atoms with E-state index in [2.05, 4.69) is 4.98 Å². The van der Waals surface area contributed by atoms with E-state index in [1.54, 1.807) is 39.4 Å². The molecule has 6 heteroatoms. The Bertz CT molecular complexity index is 308. The summed E-state index contributed by atoms with van der Waals surface area (Å²) >= 11 is 1.31. The number of rotatable bonds is 4. The first kappa shape index (κ1) is 12.6. The third kappa shape index (κ3) is 3.01. The number of hydrogen-bond acceptors (Lipinski definition) is 5. The van der Waals surface area contributed by atoms with Crippen LogP contribution in [-0.4, -0.2) is 33.4 Å². The molecule has 1 aromatic rings. The maximum atomic E-state index is 9.84. The fourth-order valence-electron chi connectivity index (χ4n) is 0.829. The second-order valence-electron chi connectivity index (χ2n) is 4.44. The van der Waals surface area contributed by atoms with Gasteiger partial charge in [-0.1, -0.05) is 0 Å². The predicted octanol–water partition coefficient (Wildman–Crippen LogP) is 0.397. The molecule has 1 rings (SSSR count). The molecule has 0 unspecified atom stereocenters. The maximum absolute atomic E-state index is 9.84. The average molecular weight is 229 g/mol. The predicted molar refractivity (Wildman–Crippen MR) is 61.2 cm³/mol. The zero-order chi connectivity index (χ0) is 11.7. The van der Waals surface area contributed by atoms with E-state index in [0.29, 0.717) is 4.78 Å². The third-order valence-electron chi connectivity index (χ3n) is 2.57. The van der Waals surface area contributed by atoms with Crippen molar-refractivity contribution < 1.29 is 14.8 Å². The highest BCUT2D eigenvalue weighted by atomic mass is 32.1. The Morgan fingerprint density at radius 1 is 1.40 bits per heavy atom. The van der Waals surface area contributed by atoms with Crippen molar-refractivity contribution in [3.05, 3.63) is 11.7 Å². The number of thiazole rings is 1. The van der Waals surface area contributed by atoms with Crippen LogP contribution in [0.2, 0.25) is 0 Å². The minimum absolute atomic E-state index is 0.632. The SMILES string of the molecule is CC(C)(O)C(C)(C)OB(O)c1cncs1. The highest BCUT2D eigenvalue weighted by Crippen LogP contribution is 2.25. The molecular formula is C9H16BNO3S. The Labute approximate surface area is 94.1 Å². The summed E-state index contributed by atoms with van der Waals surface area (Å²) in [5.74, 6) is 0. The lowest BCUT2D eigenvalue weighted by Crippen LogP contribution is -2.52. The molecule has 4 nitrogen and oxygen atoms in total. The average Bonchev–Trinajstić information content (AvgIpc) is 2.51. The molecule has 0 spiro atoms. The van der Waals surface area contributed by atoms with Crippen LogP contribution >= 0.6 is 11.3 Å². The molecular weight excluding hydrogens is 213 g/mol. The second kappa shape index (κ2) is 4.21. The zero-order valence-electron chi connectivity index (χ0n) is 9.39. The number of aromatic nitrogens is 1. The fourth-order valence-corrected chi connectivity index (χ4v) is 1.36. The number of aliphatic hydroxyl groups is 1. The van der Waals surface area contributed by atoms with Crippen LogP contribution in [0.25, 0.3) is 0 Å². The van der Waals surface area contributed by atoms with Gasteiger partial charge in [-0.25, -0.2) is 0 Å². The van der Waals surface area contributed by atoms with Crippen LogP contribution in [0.3, 0.4) is 0 Å². The van der Waals surface area contributed by atoms with E-state index in [-0.39, 0.29) is 0 Å². The summed E-state index contributed by atoms with van der Waals surface area (Å²) in [7, 11) is -1.04. The van der Waals surface area contributed by atoms with Crippen molar-refractivity contribution in [3.63, 3.8) is 0 Å². The maximum Gasteiger partial charge on any atom is 0.503 e. The van der Waals surface area contributed by atoms with Crippen molar-refractivity contribution in [3.8, 4) is 0 Å². The first-order valence-corrected chi connectivity index (χ1v) is 5.58. The lowest BCUT2D eigenvalue weighted by molar-refractivity contribution is -0.0981. The largest absolute Gasteiger partial charge is 0.503 e. The molecule has 0 fully saturated rings. The van der Waals surface area contributed by atoms with Crippen molar-refractivity contribution in [2.75, 3.05) is 0 Å². The summed E-state index contributed by atoms with van der Waals surface area (Å²) in [6.45, 7) is 6.76. The molecule has 1 aromatic heterocycles. The monoisotopic (exact) mass is 229 g/mol. The van der Waals surface area contributed by atoms with Gasteiger partial charge in [0.1, 0.15) is 0 Å². The molecule has 0 radical (unpaired) electrons. The van der Waals surface area contributed by atoms with Crippen LogP contribution in [-0.2, 0) is 4.65 Å². The van der Waals surface area contributed by atoms with Crippen LogP contribution in [0.4, 0.5) is 0 Å². The van der Waals surface area contributed by atoms with Gasteiger partial charge in [-0.3, -0.25) is 4.98 Å². The molecule has 0 aromatic carbocycles. The Hall–Kier alpha value is -0.425. The normalized spacial score (nSPS) is 12.9. The zero-order valence-corrected chi connectivity index (χ0v) is 10.2. The van der Waals surface area contributed by atoms with Gasteiger partial charge >= 0.3 is 7.12 Å². The molecule has 15 heavy (non-hydrogen) atoms. The van der Waals surface area contributed by atoms with Gasteiger partial charge in [0.25, 0.3) is 0 Å². The first-order valence-electron chi connectivity index (χ1n) is 4.71. The van der Waals surface area contributed by atoms with Crippen molar-refractivity contribution in [1.82, 2.24) is 4.98 Å². The fraction of sp³-hybridized carbons (Fsp3) is 0.667. The summed E-state index contributed by atoms with van der Waals surface area (Å²) in [6.07, 6.45) is 1.55. The molecule has 0 saturated carbocycles.